The average molecular weight is 735 g/mol. The molecule has 0 spiro atoms. The van der Waals surface area contributed by atoms with E-state index in [0.29, 0.717) is 0 Å². The van der Waals surface area contributed by atoms with Gasteiger partial charge in [-0.2, -0.15) is 0 Å². The van der Waals surface area contributed by atoms with Gasteiger partial charge in [0.2, 0.25) is 0 Å². The molecule has 0 bridgehead atoms. The molecule has 7 nitrogen and oxygen atoms in total. The number of benzene rings is 7. The van der Waals surface area contributed by atoms with Gasteiger partial charge in [-0.1, -0.05) is 91.0 Å². The summed E-state index contributed by atoms with van der Waals surface area (Å²) >= 11 is 0. The van der Waals surface area contributed by atoms with Crippen molar-refractivity contribution in [3.8, 4) is 28.7 Å². The van der Waals surface area contributed by atoms with Crippen molar-refractivity contribution in [2.45, 2.75) is 0 Å². The maximum atomic E-state index is 6.78. The van der Waals surface area contributed by atoms with Crippen molar-refractivity contribution in [2.24, 2.45) is 14.1 Å². The van der Waals surface area contributed by atoms with E-state index in [1.54, 1.807) is 0 Å². The summed E-state index contributed by atoms with van der Waals surface area (Å²) in [5, 5.41) is 7.30. The van der Waals surface area contributed by atoms with Crippen LogP contribution in [0.3, 0.4) is 0 Å². The first-order valence-electron chi connectivity index (χ1n) is 19.2. The van der Waals surface area contributed by atoms with Crippen LogP contribution in [0.1, 0.15) is 0 Å². The fraction of sp³-hybridized carbons (Fsp3) is 0.0400. The molecule has 0 N–H and O–H groups in total. The summed E-state index contributed by atoms with van der Waals surface area (Å²) in [6.45, 7) is 0. The Morgan fingerprint density at radius 2 is 1.16 bits per heavy atom. The number of rotatable bonds is 5. The number of aromatic nitrogens is 6. The standard InChI is InChI=1S/C50H34N6O/c1-52-39-21-8-6-19-36(39)45-46-38-27-26-35(57-34-18-14-17-33(29-34)55-31-54(32-15-4-3-5-16-32)41-23-10-11-24-42(41)55)30-43(38)56(44-25-12-13-28-51-44)50(46)49-47(48(45)52)37-20-7-9-22-40(37)53(49)2/h3-30H,1-2H3. The maximum absolute atomic E-state index is 6.78. The van der Waals surface area contributed by atoms with Gasteiger partial charge in [-0.25, -0.2) is 4.98 Å². The van der Waals surface area contributed by atoms with Gasteiger partial charge in [0.15, 0.2) is 0 Å². The molecule has 270 valence electrons. The Hall–Kier alpha value is -7.64. The molecule has 7 aromatic carbocycles. The molecule has 0 fully saturated rings. The SMILES string of the molecule is Cn1c2ccccc2c2c3c4ccc(Oc5cccc(-[n+]6[c-]n(-c7ccccc7)c7ccccc76)c5)cc4n(-c4ccccn4)c3c3c(c4ccccc4n3C)c21. The molecule has 5 aromatic heterocycles. The van der Waals surface area contributed by atoms with E-state index < -0.39 is 0 Å². The molecule has 57 heavy (non-hydrogen) atoms. The fourth-order valence-corrected chi connectivity index (χ4v) is 9.22. The van der Waals surface area contributed by atoms with E-state index >= 15 is 0 Å². The molecule has 0 radical (unpaired) electrons. The van der Waals surface area contributed by atoms with Crippen LogP contribution in [0.4, 0.5) is 0 Å². The van der Waals surface area contributed by atoms with Crippen molar-refractivity contribution in [2.75, 3.05) is 0 Å². The number of para-hydroxylation sites is 5. The normalized spacial score (nSPS) is 12.0. The van der Waals surface area contributed by atoms with E-state index in [0.717, 1.165) is 56.1 Å². The van der Waals surface area contributed by atoms with Crippen LogP contribution >= 0.6 is 0 Å². The lowest BCUT2D eigenvalue weighted by molar-refractivity contribution is -0.572. The van der Waals surface area contributed by atoms with Gasteiger partial charge in [-0.15, -0.1) is 0 Å². The van der Waals surface area contributed by atoms with Crippen molar-refractivity contribution in [1.29, 1.82) is 0 Å². The van der Waals surface area contributed by atoms with Gasteiger partial charge in [-0.3, -0.25) is 13.7 Å². The Labute approximate surface area is 327 Å². The fourth-order valence-electron chi connectivity index (χ4n) is 9.22. The zero-order valence-corrected chi connectivity index (χ0v) is 31.3. The quantitative estimate of drug-likeness (QED) is 0.131. The molecule has 0 atom stereocenters. The first kappa shape index (κ1) is 31.7. The van der Waals surface area contributed by atoms with Crippen molar-refractivity contribution < 1.29 is 9.30 Å². The Bertz CT molecular complexity index is 3570. The van der Waals surface area contributed by atoms with E-state index in [9.17, 15) is 0 Å². The van der Waals surface area contributed by atoms with Crippen LogP contribution in [-0.4, -0.2) is 23.3 Å². The first-order valence-corrected chi connectivity index (χ1v) is 19.2. The smallest absolute Gasteiger partial charge is 0.269 e. The second-order valence-electron chi connectivity index (χ2n) is 14.7. The first-order chi connectivity index (χ1) is 28.1. The summed E-state index contributed by atoms with van der Waals surface area (Å²) in [5.41, 5.74) is 11.1. The van der Waals surface area contributed by atoms with E-state index in [-0.39, 0.29) is 0 Å². The third-order valence-corrected chi connectivity index (χ3v) is 11.6. The van der Waals surface area contributed by atoms with Gasteiger partial charge in [0, 0.05) is 69.7 Å². The predicted octanol–water partition coefficient (Wildman–Crippen LogP) is 11.3. The Kier molecular flexibility index (Phi) is 6.63. The molecule has 0 aliphatic rings. The minimum atomic E-state index is 0.734. The van der Waals surface area contributed by atoms with Gasteiger partial charge in [-0.05, 0) is 66.7 Å². The molecule has 0 aliphatic heterocycles. The number of fused-ring (bicyclic) bond motifs is 13. The van der Waals surface area contributed by atoms with Crippen LogP contribution in [0.5, 0.6) is 11.5 Å². The lowest BCUT2D eigenvalue weighted by atomic mass is 10.0. The zero-order valence-electron chi connectivity index (χ0n) is 31.3. The molecular formula is C50H34N6O. The van der Waals surface area contributed by atoms with Gasteiger partial charge in [0.25, 0.3) is 6.33 Å². The zero-order chi connectivity index (χ0) is 37.8. The molecule has 0 aliphatic carbocycles. The maximum Gasteiger partial charge on any atom is 0.269 e. The summed E-state index contributed by atoms with van der Waals surface area (Å²) in [6, 6.07) is 57.1. The number of hydrogen-bond donors (Lipinski definition) is 0. The second kappa shape index (κ2) is 11.9. The van der Waals surface area contributed by atoms with Crippen molar-refractivity contribution in [1.82, 2.24) is 23.3 Å². The summed E-state index contributed by atoms with van der Waals surface area (Å²) in [5.74, 6) is 2.32. The Morgan fingerprint density at radius 1 is 0.509 bits per heavy atom. The Morgan fingerprint density at radius 3 is 1.95 bits per heavy atom. The third-order valence-electron chi connectivity index (χ3n) is 11.6. The van der Waals surface area contributed by atoms with E-state index in [1.807, 2.05) is 30.5 Å². The van der Waals surface area contributed by atoms with Crippen molar-refractivity contribution >= 4 is 76.5 Å². The van der Waals surface area contributed by atoms with Gasteiger partial charge in [0.05, 0.1) is 44.5 Å². The van der Waals surface area contributed by atoms with Crippen LogP contribution in [0, 0.1) is 6.33 Å². The van der Waals surface area contributed by atoms with Crippen LogP contribution in [-0.2, 0) is 14.1 Å². The molecule has 0 saturated heterocycles. The van der Waals surface area contributed by atoms with Gasteiger partial charge >= 0.3 is 0 Å². The predicted molar refractivity (Wildman–Crippen MR) is 230 cm³/mol. The topological polar surface area (TPSA) is 45.7 Å². The van der Waals surface area contributed by atoms with Crippen LogP contribution in [0.2, 0.25) is 0 Å². The highest BCUT2D eigenvalue weighted by Crippen LogP contribution is 2.48. The number of nitrogens with zero attached hydrogens (tertiary/aromatic N) is 6. The number of pyridine rings is 1. The molecule has 0 saturated carbocycles. The highest BCUT2D eigenvalue weighted by molar-refractivity contribution is 6.40. The van der Waals surface area contributed by atoms with Crippen molar-refractivity contribution in [3.63, 3.8) is 0 Å². The lowest BCUT2D eigenvalue weighted by Gasteiger charge is -2.11. The van der Waals surface area contributed by atoms with Crippen LogP contribution in [0.25, 0.3) is 93.6 Å². The summed E-state index contributed by atoms with van der Waals surface area (Å²) < 4.78 is 18.0. The number of aryl methyl sites for hydroxylation is 2. The largest absolute Gasteiger partial charge is 0.458 e. The lowest BCUT2D eigenvalue weighted by Crippen LogP contribution is -2.29. The van der Waals surface area contributed by atoms with Crippen molar-refractivity contribution in [3.05, 3.63) is 176 Å². The summed E-state index contributed by atoms with van der Waals surface area (Å²) in [6.07, 6.45) is 5.47. The highest BCUT2D eigenvalue weighted by Gasteiger charge is 2.27. The van der Waals surface area contributed by atoms with E-state index in [2.05, 4.69) is 183 Å². The van der Waals surface area contributed by atoms with Gasteiger partial charge < -0.3 is 13.9 Å². The number of imidazole rings is 1. The summed E-state index contributed by atoms with van der Waals surface area (Å²) in [7, 11) is 4.39. The molecular weight excluding hydrogens is 701 g/mol. The second-order valence-corrected chi connectivity index (χ2v) is 14.7. The monoisotopic (exact) mass is 734 g/mol. The molecule has 7 heteroatoms. The molecule has 0 unspecified atom stereocenters. The Balaban J connectivity index is 1.10. The minimum absolute atomic E-state index is 0.734. The van der Waals surface area contributed by atoms with E-state index in [4.69, 9.17) is 9.72 Å². The minimum Gasteiger partial charge on any atom is -0.458 e. The van der Waals surface area contributed by atoms with E-state index in [1.165, 1.54) is 49.0 Å². The van der Waals surface area contributed by atoms with Crippen LogP contribution < -0.4 is 9.30 Å². The molecule has 12 aromatic rings. The van der Waals surface area contributed by atoms with Gasteiger partial charge in [0.1, 0.15) is 17.3 Å². The van der Waals surface area contributed by atoms with Crippen LogP contribution in [0.15, 0.2) is 170 Å². The average Bonchev–Trinajstić information content (AvgIpc) is 3.98. The summed E-state index contributed by atoms with van der Waals surface area (Å²) in [4.78, 5) is 4.97. The third kappa shape index (κ3) is 4.48. The highest BCUT2D eigenvalue weighted by atomic mass is 16.5. The molecule has 12 rings (SSSR count). The molecule has 0 amide bonds. The molecule has 5 heterocycles. The number of hydrogen-bond acceptors (Lipinski definition) is 2. The number of ether oxygens (including phenoxy) is 1.